The average Bonchev–Trinajstić information content (AvgIpc) is 2.82. The monoisotopic (exact) mass is 232 g/mol. The van der Waals surface area contributed by atoms with Crippen LogP contribution in [0.3, 0.4) is 0 Å². The van der Waals surface area contributed by atoms with Gasteiger partial charge in [-0.05, 0) is 18.2 Å². The van der Waals surface area contributed by atoms with E-state index < -0.39 is 0 Å². The Morgan fingerprint density at radius 3 is 3.06 bits per heavy atom. The maximum Gasteiger partial charge on any atom is 0.253 e. The Labute approximate surface area is 97.5 Å². The number of hydrogen-bond acceptors (Lipinski definition) is 4. The smallest absolute Gasteiger partial charge is 0.253 e. The third kappa shape index (κ3) is 2.54. The van der Waals surface area contributed by atoms with Crippen LogP contribution in [-0.2, 0) is 6.54 Å². The number of aromatic amines is 1. The normalized spacial score (nSPS) is 10.1. The molecule has 1 aromatic heterocycles. The van der Waals surface area contributed by atoms with Crippen molar-refractivity contribution < 1.29 is 9.90 Å². The number of benzene rings is 1. The summed E-state index contributed by atoms with van der Waals surface area (Å²) in [6, 6.07) is 4.24. The zero-order chi connectivity index (χ0) is 12.3. The molecule has 0 atom stereocenters. The number of carbonyl (C=O) groups is 1. The Morgan fingerprint density at radius 1 is 1.53 bits per heavy atom. The third-order valence-corrected chi connectivity index (χ3v) is 2.25. The van der Waals surface area contributed by atoms with E-state index in [1.807, 2.05) is 0 Å². The fourth-order valence-electron chi connectivity index (χ4n) is 1.39. The molecule has 6 heteroatoms. The highest BCUT2D eigenvalue weighted by Gasteiger charge is 2.10. The van der Waals surface area contributed by atoms with Crippen LogP contribution in [0.15, 0.2) is 30.6 Å². The van der Waals surface area contributed by atoms with Crippen molar-refractivity contribution in [2.45, 2.75) is 6.54 Å². The average molecular weight is 232 g/mol. The molecule has 6 nitrogen and oxygen atoms in total. The van der Waals surface area contributed by atoms with Crippen LogP contribution in [0.1, 0.15) is 16.2 Å². The lowest BCUT2D eigenvalue weighted by molar-refractivity contribution is 0.0950. The number of amides is 1. The van der Waals surface area contributed by atoms with Gasteiger partial charge in [0.15, 0.2) is 0 Å². The van der Waals surface area contributed by atoms with E-state index in [4.69, 9.17) is 5.73 Å². The van der Waals surface area contributed by atoms with Gasteiger partial charge in [-0.25, -0.2) is 4.98 Å². The summed E-state index contributed by atoms with van der Waals surface area (Å²) in [5.74, 6) is 0.300. The van der Waals surface area contributed by atoms with Gasteiger partial charge in [0.05, 0.1) is 12.1 Å². The molecule has 0 saturated carbocycles. The number of hydrogen-bond donors (Lipinski definition) is 4. The van der Waals surface area contributed by atoms with E-state index in [1.165, 1.54) is 18.2 Å². The highest BCUT2D eigenvalue weighted by atomic mass is 16.3. The van der Waals surface area contributed by atoms with E-state index in [0.717, 1.165) is 0 Å². The predicted molar refractivity (Wildman–Crippen MR) is 62.3 cm³/mol. The summed E-state index contributed by atoms with van der Waals surface area (Å²) in [6.45, 7) is 0.279. The van der Waals surface area contributed by atoms with Crippen molar-refractivity contribution in [3.63, 3.8) is 0 Å². The Bertz CT molecular complexity index is 522. The lowest BCUT2D eigenvalue weighted by Crippen LogP contribution is -2.24. The minimum absolute atomic E-state index is 0.00217. The number of nitrogens with zero attached hydrogens (tertiary/aromatic N) is 1. The summed E-state index contributed by atoms with van der Waals surface area (Å²) in [5.41, 5.74) is 6.21. The van der Waals surface area contributed by atoms with Crippen molar-refractivity contribution >= 4 is 11.6 Å². The predicted octanol–water partition coefficient (Wildman–Crippen LogP) is 0.627. The van der Waals surface area contributed by atoms with Gasteiger partial charge in [0.25, 0.3) is 5.91 Å². The molecule has 0 fully saturated rings. The second-order valence-corrected chi connectivity index (χ2v) is 3.49. The lowest BCUT2D eigenvalue weighted by Gasteiger charge is -2.06. The maximum absolute atomic E-state index is 11.8. The SMILES string of the molecule is Nc1ccc(O)cc1C(=O)NCc1ncc[nH]1. The molecule has 17 heavy (non-hydrogen) atoms. The van der Waals surface area contributed by atoms with Crippen molar-refractivity contribution in [3.05, 3.63) is 42.0 Å². The minimum Gasteiger partial charge on any atom is -0.508 e. The van der Waals surface area contributed by atoms with Gasteiger partial charge in [-0.1, -0.05) is 0 Å². The zero-order valence-corrected chi connectivity index (χ0v) is 8.97. The largest absolute Gasteiger partial charge is 0.508 e. The molecule has 0 aliphatic carbocycles. The van der Waals surface area contributed by atoms with E-state index in [-0.39, 0.29) is 23.8 Å². The van der Waals surface area contributed by atoms with Crippen molar-refractivity contribution in [2.24, 2.45) is 0 Å². The van der Waals surface area contributed by atoms with Crippen molar-refractivity contribution in [1.29, 1.82) is 0 Å². The molecule has 0 unspecified atom stereocenters. The van der Waals surface area contributed by atoms with E-state index in [0.29, 0.717) is 11.5 Å². The van der Waals surface area contributed by atoms with Crippen molar-refractivity contribution in [1.82, 2.24) is 15.3 Å². The van der Waals surface area contributed by atoms with Crippen LogP contribution < -0.4 is 11.1 Å². The van der Waals surface area contributed by atoms with Crippen LogP contribution in [0.5, 0.6) is 5.75 Å². The van der Waals surface area contributed by atoms with Crippen LogP contribution in [0.4, 0.5) is 5.69 Å². The number of nitrogens with two attached hydrogens (primary N) is 1. The minimum atomic E-state index is -0.352. The molecule has 1 aromatic carbocycles. The number of imidazole rings is 1. The Kier molecular flexibility index (Phi) is 2.95. The molecular formula is C11H12N4O2. The molecule has 0 bridgehead atoms. The summed E-state index contributed by atoms with van der Waals surface area (Å²) in [5, 5.41) is 11.9. The summed E-state index contributed by atoms with van der Waals surface area (Å²) >= 11 is 0. The summed E-state index contributed by atoms with van der Waals surface area (Å²) in [7, 11) is 0. The highest BCUT2D eigenvalue weighted by molar-refractivity contribution is 5.99. The number of aromatic hydroxyl groups is 1. The first-order valence-electron chi connectivity index (χ1n) is 5.02. The topological polar surface area (TPSA) is 104 Å². The fourth-order valence-corrected chi connectivity index (χ4v) is 1.39. The highest BCUT2D eigenvalue weighted by Crippen LogP contribution is 2.18. The molecule has 1 heterocycles. The van der Waals surface area contributed by atoms with Crippen molar-refractivity contribution in [3.8, 4) is 5.75 Å². The number of aromatic nitrogens is 2. The molecule has 1 amide bonds. The van der Waals surface area contributed by atoms with Gasteiger partial charge in [0.1, 0.15) is 11.6 Å². The molecule has 0 spiro atoms. The zero-order valence-electron chi connectivity index (χ0n) is 8.97. The van der Waals surface area contributed by atoms with Crippen molar-refractivity contribution in [2.75, 3.05) is 5.73 Å². The van der Waals surface area contributed by atoms with Gasteiger partial charge in [-0.3, -0.25) is 4.79 Å². The number of phenolic OH excluding ortho intramolecular Hbond substituents is 1. The first-order valence-corrected chi connectivity index (χ1v) is 5.02. The molecule has 0 saturated heterocycles. The standard InChI is InChI=1S/C11H12N4O2/c12-9-2-1-7(16)5-8(9)11(17)15-6-10-13-3-4-14-10/h1-5,16H,6,12H2,(H,13,14)(H,15,17). The van der Waals surface area contributed by atoms with Crippen LogP contribution in [0.2, 0.25) is 0 Å². The quantitative estimate of drug-likeness (QED) is 0.460. The lowest BCUT2D eigenvalue weighted by atomic mass is 10.1. The second-order valence-electron chi connectivity index (χ2n) is 3.49. The first-order chi connectivity index (χ1) is 8.16. The molecule has 2 aromatic rings. The van der Waals surface area contributed by atoms with Gasteiger partial charge < -0.3 is 21.1 Å². The van der Waals surface area contributed by atoms with E-state index in [1.54, 1.807) is 12.4 Å². The number of nitrogen functional groups attached to an aromatic ring is 1. The van der Waals surface area contributed by atoms with Gasteiger partial charge in [0.2, 0.25) is 0 Å². The number of rotatable bonds is 3. The van der Waals surface area contributed by atoms with Gasteiger partial charge >= 0.3 is 0 Å². The summed E-state index contributed by atoms with van der Waals surface area (Å²) < 4.78 is 0. The van der Waals surface area contributed by atoms with E-state index >= 15 is 0 Å². The molecule has 2 rings (SSSR count). The van der Waals surface area contributed by atoms with E-state index in [2.05, 4.69) is 15.3 Å². The van der Waals surface area contributed by atoms with Gasteiger partial charge in [-0.15, -0.1) is 0 Å². The number of carbonyl (C=O) groups excluding carboxylic acids is 1. The van der Waals surface area contributed by atoms with Crippen LogP contribution in [0.25, 0.3) is 0 Å². The van der Waals surface area contributed by atoms with Crippen LogP contribution >= 0.6 is 0 Å². The van der Waals surface area contributed by atoms with Gasteiger partial charge in [0, 0.05) is 18.1 Å². The number of phenols is 1. The summed E-state index contributed by atoms with van der Waals surface area (Å²) in [6.07, 6.45) is 3.27. The Balaban J connectivity index is 2.07. The molecule has 88 valence electrons. The second kappa shape index (κ2) is 4.56. The van der Waals surface area contributed by atoms with E-state index in [9.17, 15) is 9.90 Å². The van der Waals surface area contributed by atoms with Crippen LogP contribution in [-0.4, -0.2) is 21.0 Å². The van der Waals surface area contributed by atoms with Gasteiger partial charge in [-0.2, -0.15) is 0 Å². The molecule has 0 aliphatic rings. The Hall–Kier alpha value is -2.50. The number of anilines is 1. The molecular weight excluding hydrogens is 220 g/mol. The number of H-pyrrole nitrogens is 1. The number of nitrogens with one attached hydrogen (secondary N) is 2. The van der Waals surface area contributed by atoms with Crippen LogP contribution in [0, 0.1) is 0 Å². The molecule has 0 aliphatic heterocycles. The Morgan fingerprint density at radius 2 is 2.35 bits per heavy atom. The molecule has 5 N–H and O–H groups in total. The first kappa shape index (κ1) is 11.0. The molecule has 0 radical (unpaired) electrons. The fraction of sp³-hybridized carbons (Fsp3) is 0.0909. The summed E-state index contributed by atoms with van der Waals surface area (Å²) in [4.78, 5) is 18.6. The maximum atomic E-state index is 11.8. The third-order valence-electron chi connectivity index (χ3n) is 2.25.